The lowest BCUT2D eigenvalue weighted by atomic mass is 9.93. The number of nitrogens with one attached hydrogen (secondary N) is 2. The summed E-state index contributed by atoms with van der Waals surface area (Å²) in [5, 5.41) is 30.9. The van der Waals surface area contributed by atoms with Crippen molar-refractivity contribution in [3.8, 4) is 0 Å². The van der Waals surface area contributed by atoms with Crippen molar-refractivity contribution in [2.75, 3.05) is 0 Å². The predicted octanol–water partition coefficient (Wildman–Crippen LogP) is -0.535. The first-order valence-electron chi connectivity index (χ1n) is 6.86. The van der Waals surface area contributed by atoms with Crippen LogP contribution in [-0.4, -0.2) is 49.4 Å². The van der Waals surface area contributed by atoms with Crippen molar-refractivity contribution >= 4 is 12.0 Å². The maximum Gasteiger partial charge on any atom is 0.325 e. The quantitative estimate of drug-likeness (QED) is 0.578. The summed E-state index contributed by atoms with van der Waals surface area (Å²) in [6.07, 6.45) is 4.16. The van der Waals surface area contributed by atoms with Gasteiger partial charge in [0.1, 0.15) is 12.2 Å². The molecule has 0 aliphatic heterocycles. The third-order valence-corrected chi connectivity index (χ3v) is 3.35. The Kier molecular flexibility index (Phi) is 5.09. The van der Waals surface area contributed by atoms with E-state index in [9.17, 15) is 14.7 Å². The highest BCUT2D eigenvalue weighted by Crippen LogP contribution is 2.17. The van der Waals surface area contributed by atoms with Gasteiger partial charge in [0, 0.05) is 6.04 Å². The van der Waals surface area contributed by atoms with Gasteiger partial charge in [-0.2, -0.15) is 0 Å². The van der Waals surface area contributed by atoms with Crippen molar-refractivity contribution in [3.05, 3.63) is 11.9 Å². The summed E-state index contributed by atoms with van der Waals surface area (Å²) in [6, 6.07) is -0.222. The van der Waals surface area contributed by atoms with Crippen molar-refractivity contribution in [2.24, 2.45) is 0 Å². The summed E-state index contributed by atoms with van der Waals surface area (Å²) in [6.45, 7) is -0.0790. The number of hydrogen-bond donors (Lipinski definition) is 4. The minimum Gasteiger partial charge on any atom is -0.480 e. The molecule has 1 saturated carbocycles. The Morgan fingerprint density at radius 2 is 2.05 bits per heavy atom. The minimum absolute atomic E-state index is 0.0797. The van der Waals surface area contributed by atoms with Crippen LogP contribution < -0.4 is 10.6 Å². The number of nitrogens with zero attached hydrogens (tertiary/aromatic N) is 3. The summed E-state index contributed by atoms with van der Waals surface area (Å²) in [7, 11) is 0. The first-order valence-corrected chi connectivity index (χ1v) is 6.86. The molecule has 0 radical (unpaired) electrons. The van der Waals surface area contributed by atoms with Crippen LogP contribution in [0.5, 0.6) is 0 Å². The summed E-state index contributed by atoms with van der Waals surface area (Å²) < 4.78 is 1.19. The van der Waals surface area contributed by atoms with Crippen LogP contribution in [0.25, 0.3) is 0 Å². The van der Waals surface area contributed by atoms with Gasteiger partial charge in [-0.3, -0.25) is 4.79 Å². The zero-order valence-electron chi connectivity index (χ0n) is 11.5. The average Bonchev–Trinajstić information content (AvgIpc) is 2.86. The molecule has 1 heterocycles. The lowest BCUT2D eigenvalue weighted by molar-refractivity contribution is -0.137. The predicted molar refractivity (Wildman–Crippen MR) is 71.3 cm³/mol. The number of rotatable bonds is 5. The lowest BCUT2D eigenvalue weighted by Gasteiger charge is -2.26. The highest BCUT2D eigenvalue weighted by atomic mass is 16.4. The number of amides is 2. The number of urea groups is 1. The molecule has 0 unspecified atom stereocenters. The van der Waals surface area contributed by atoms with Crippen LogP contribution in [0.15, 0.2) is 6.20 Å². The van der Waals surface area contributed by atoms with E-state index in [4.69, 9.17) is 5.11 Å². The second-order valence-electron chi connectivity index (χ2n) is 5.13. The number of aliphatic carboxylic acids is 1. The molecule has 0 atom stereocenters. The monoisotopic (exact) mass is 297 g/mol. The number of aliphatic hydroxyl groups excluding tert-OH is 1. The third kappa shape index (κ3) is 5.03. The van der Waals surface area contributed by atoms with Gasteiger partial charge in [0.05, 0.1) is 18.8 Å². The van der Waals surface area contributed by atoms with Crippen LogP contribution >= 0.6 is 0 Å². The van der Waals surface area contributed by atoms with E-state index in [1.165, 1.54) is 10.9 Å². The number of carboxylic acids is 1. The Hall–Kier alpha value is -2.16. The fraction of sp³-hybridized carbons (Fsp3) is 0.667. The Labute approximate surface area is 121 Å². The van der Waals surface area contributed by atoms with Gasteiger partial charge in [-0.1, -0.05) is 5.21 Å². The minimum atomic E-state index is -1.00. The number of carboxylic acid groups (broad SMARTS) is 1. The van der Waals surface area contributed by atoms with E-state index in [2.05, 4.69) is 20.9 Å². The van der Waals surface area contributed by atoms with Gasteiger partial charge >= 0.3 is 12.0 Å². The second kappa shape index (κ2) is 7.02. The van der Waals surface area contributed by atoms with Crippen molar-refractivity contribution in [1.82, 2.24) is 25.6 Å². The molecular formula is C12H19N5O4. The van der Waals surface area contributed by atoms with E-state index in [0.717, 1.165) is 12.8 Å². The van der Waals surface area contributed by atoms with Gasteiger partial charge in [0.2, 0.25) is 0 Å². The smallest absolute Gasteiger partial charge is 0.325 e. The van der Waals surface area contributed by atoms with Crippen molar-refractivity contribution in [2.45, 2.75) is 50.9 Å². The molecule has 0 spiro atoms. The fourth-order valence-corrected chi connectivity index (χ4v) is 2.26. The Morgan fingerprint density at radius 3 is 2.71 bits per heavy atom. The van der Waals surface area contributed by atoms with Gasteiger partial charge < -0.3 is 20.8 Å². The maximum atomic E-state index is 11.7. The van der Waals surface area contributed by atoms with Gasteiger partial charge in [-0.25, -0.2) is 9.48 Å². The molecule has 21 heavy (non-hydrogen) atoms. The lowest BCUT2D eigenvalue weighted by Crippen LogP contribution is -2.43. The number of carbonyl (C=O) groups is 2. The molecule has 9 nitrogen and oxygen atoms in total. The number of hydrogen-bond acceptors (Lipinski definition) is 5. The van der Waals surface area contributed by atoms with Crippen LogP contribution in [0.2, 0.25) is 0 Å². The van der Waals surface area contributed by atoms with Crippen LogP contribution in [0.4, 0.5) is 4.79 Å². The maximum absolute atomic E-state index is 11.7. The first kappa shape index (κ1) is 15.2. The molecule has 1 aromatic rings. The van der Waals surface area contributed by atoms with E-state index >= 15 is 0 Å². The Morgan fingerprint density at radius 1 is 1.33 bits per heavy atom. The summed E-state index contributed by atoms with van der Waals surface area (Å²) in [5.41, 5.74) is 0.491. The van der Waals surface area contributed by atoms with Gasteiger partial charge in [-0.05, 0) is 25.7 Å². The third-order valence-electron chi connectivity index (χ3n) is 3.35. The molecule has 0 bridgehead atoms. The molecule has 1 aliphatic rings. The highest BCUT2D eigenvalue weighted by Gasteiger charge is 2.20. The molecule has 2 rings (SSSR count). The molecule has 0 aromatic carbocycles. The van der Waals surface area contributed by atoms with Crippen LogP contribution in [0.3, 0.4) is 0 Å². The van der Waals surface area contributed by atoms with Crippen LogP contribution in [0, 0.1) is 0 Å². The largest absolute Gasteiger partial charge is 0.480 e. The van der Waals surface area contributed by atoms with Gasteiger partial charge in [-0.15, -0.1) is 5.10 Å². The highest BCUT2D eigenvalue weighted by molar-refractivity contribution is 5.74. The summed E-state index contributed by atoms with van der Waals surface area (Å²) in [4.78, 5) is 22.2. The molecule has 9 heteroatoms. The molecule has 0 saturated heterocycles. The molecule has 4 N–H and O–H groups in total. The zero-order chi connectivity index (χ0) is 15.2. The topological polar surface area (TPSA) is 129 Å². The summed E-state index contributed by atoms with van der Waals surface area (Å²) >= 11 is 0. The van der Waals surface area contributed by atoms with Gasteiger partial charge in [0.25, 0.3) is 0 Å². The standard InChI is InChI=1S/C12H19N5O4/c18-10-3-1-8(2-4-10)14-12(21)13-5-9-6-17(16-15-9)7-11(19)20/h6,8,10,18H,1-5,7H2,(H,19,20)(H2,13,14,21). The Bertz CT molecular complexity index is 496. The van der Waals surface area contributed by atoms with Crippen LogP contribution in [-0.2, 0) is 17.9 Å². The molecule has 1 fully saturated rings. The van der Waals surface area contributed by atoms with E-state index in [-0.39, 0.29) is 31.3 Å². The summed E-state index contributed by atoms with van der Waals surface area (Å²) in [5.74, 6) is -1.00. The second-order valence-corrected chi connectivity index (χ2v) is 5.13. The molecule has 1 aliphatic carbocycles. The Balaban J connectivity index is 1.71. The fourth-order valence-electron chi connectivity index (χ4n) is 2.26. The van der Waals surface area contributed by atoms with Crippen molar-refractivity contribution in [1.29, 1.82) is 0 Å². The SMILES string of the molecule is O=C(O)Cn1cc(CNC(=O)NC2CCC(O)CC2)nn1. The van der Waals surface area contributed by atoms with E-state index in [0.29, 0.717) is 18.5 Å². The normalized spacial score (nSPS) is 21.8. The van der Waals surface area contributed by atoms with Crippen LogP contribution in [0.1, 0.15) is 31.4 Å². The number of aromatic nitrogens is 3. The molecule has 116 valence electrons. The first-order chi connectivity index (χ1) is 10.0. The van der Waals surface area contributed by atoms with E-state index in [1.54, 1.807) is 0 Å². The number of aliphatic hydroxyl groups is 1. The number of carbonyl (C=O) groups excluding carboxylic acids is 1. The van der Waals surface area contributed by atoms with Crippen molar-refractivity contribution in [3.63, 3.8) is 0 Å². The molecular weight excluding hydrogens is 278 g/mol. The van der Waals surface area contributed by atoms with E-state index in [1.807, 2.05) is 0 Å². The molecule has 2 amide bonds. The molecule has 1 aromatic heterocycles. The average molecular weight is 297 g/mol. The van der Waals surface area contributed by atoms with Crippen molar-refractivity contribution < 1.29 is 19.8 Å². The van der Waals surface area contributed by atoms with Gasteiger partial charge in [0.15, 0.2) is 0 Å². The zero-order valence-corrected chi connectivity index (χ0v) is 11.5. The van der Waals surface area contributed by atoms with E-state index < -0.39 is 5.97 Å².